The van der Waals surface area contributed by atoms with Gasteiger partial charge in [-0.25, -0.2) is 4.98 Å². The van der Waals surface area contributed by atoms with E-state index in [9.17, 15) is 0 Å². The van der Waals surface area contributed by atoms with Gasteiger partial charge in [-0.2, -0.15) is 0 Å². The third-order valence-electron chi connectivity index (χ3n) is 3.80. The first-order chi connectivity index (χ1) is 11.5. The van der Waals surface area contributed by atoms with E-state index in [2.05, 4.69) is 36.0 Å². The highest BCUT2D eigenvalue weighted by atomic mass is 35.5. The van der Waals surface area contributed by atoms with Gasteiger partial charge in [0, 0.05) is 29.9 Å². The molecular weight excluding hydrogens is 322 g/mol. The molecule has 0 radical (unpaired) electrons. The predicted molar refractivity (Wildman–Crippen MR) is 101 cm³/mol. The highest BCUT2D eigenvalue weighted by Crippen LogP contribution is 2.30. The summed E-state index contributed by atoms with van der Waals surface area (Å²) in [4.78, 5) is 4.05. The molecule has 0 aliphatic carbocycles. The zero-order chi connectivity index (χ0) is 17.5. The van der Waals surface area contributed by atoms with E-state index in [0.29, 0.717) is 28.1 Å². The van der Waals surface area contributed by atoms with Crippen LogP contribution in [0.2, 0.25) is 5.02 Å². The van der Waals surface area contributed by atoms with Crippen LogP contribution < -0.4 is 15.8 Å². The van der Waals surface area contributed by atoms with E-state index in [1.165, 1.54) is 0 Å². The predicted octanol–water partition coefficient (Wildman–Crippen LogP) is 4.18. The number of nitrogens with zero attached hydrogens (tertiary/aromatic N) is 1. The standard InChI is InChI=1S/C19H22ClN3O/c1-4-13(2)12-23-16-8-7-15(18(20)19(16)21)6-5-14-9-10-22-17(11-14)24-3/h7-11,13,23H,4,12,21H2,1-3H3. The van der Waals surface area contributed by atoms with Gasteiger partial charge in [-0.1, -0.05) is 43.7 Å². The summed E-state index contributed by atoms with van der Waals surface area (Å²) in [5.74, 6) is 7.20. The number of nitrogens with two attached hydrogens (primary N) is 1. The second-order valence-electron chi connectivity index (χ2n) is 5.62. The van der Waals surface area contributed by atoms with Crippen molar-refractivity contribution in [1.82, 2.24) is 4.98 Å². The Morgan fingerprint density at radius 3 is 2.83 bits per heavy atom. The number of pyridine rings is 1. The van der Waals surface area contributed by atoms with Crippen molar-refractivity contribution in [3.05, 3.63) is 46.6 Å². The second-order valence-corrected chi connectivity index (χ2v) is 6.00. The van der Waals surface area contributed by atoms with Crippen LogP contribution in [0.4, 0.5) is 11.4 Å². The summed E-state index contributed by atoms with van der Waals surface area (Å²) in [6.45, 7) is 5.21. The van der Waals surface area contributed by atoms with Crippen LogP contribution in [0.15, 0.2) is 30.5 Å². The van der Waals surface area contributed by atoms with Gasteiger partial charge in [-0.3, -0.25) is 0 Å². The average molecular weight is 344 g/mol. The van der Waals surface area contributed by atoms with Crippen molar-refractivity contribution in [2.45, 2.75) is 20.3 Å². The Morgan fingerprint density at radius 2 is 2.12 bits per heavy atom. The molecule has 1 aromatic heterocycles. The lowest BCUT2D eigenvalue weighted by Crippen LogP contribution is -2.11. The Labute approximate surface area is 148 Å². The Morgan fingerprint density at radius 1 is 1.33 bits per heavy atom. The molecule has 24 heavy (non-hydrogen) atoms. The zero-order valence-corrected chi connectivity index (χ0v) is 14.9. The number of halogens is 1. The molecule has 126 valence electrons. The number of hydrogen-bond donors (Lipinski definition) is 2. The molecule has 0 amide bonds. The van der Waals surface area contributed by atoms with Crippen molar-refractivity contribution in [2.75, 3.05) is 24.7 Å². The van der Waals surface area contributed by atoms with Gasteiger partial charge in [-0.05, 0) is 24.1 Å². The number of methoxy groups -OCH3 is 1. The largest absolute Gasteiger partial charge is 0.481 e. The Hall–Kier alpha value is -2.38. The molecule has 1 aromatic carbocycles. The summed E-state index contributed by atoms with van der Waals surface area (Å²) in [6.07, 6.45) is 2.76. The molecule has 3 N–H and O–H groups in total. The molecule has 0 aliphatic rings. The zero-order valence-electron chi connectivity index (χ0n) is 14.2. The van der Waals surface area contributed by atoms with E-state index in [4.69, 9.17) is 22.1 Å². The number of hydrogen-bond acceptors (Lipinski definition) is 4. The maximum atomic E-state index is 6.37. The number of benzene rings is 1. The number of ether oxygens (including phenoxy) is 1. The van der Waals surface area contributed by atoms with Crippen molar-refractivity contribution in [3.8, 4) is 17.7 Å². The Bertz CT molecular complexity index is 765. The monoisotopic (exact) mass is 343 g/mol. The molecular formula is C19H22ClN3O. The first-order valence-corrected chi connectivity index (χ1v) is 8.26. The number of nitrogen functional groups attached to an aromatic ring is 1. The van der Waals surface area contributed by atoms with Crippen LogP contribution in [0.25, 0.3) is 0 Å². The fraction of sp³-hybridized carbons (Fsp3) is 0.316. The smallest absolute Gasteiger partial charge is 0.214 e. The fourth-order valence-electron chi connectivity index (χ4n) is 2.01. The van der Waals surface area contributed by atoms with Crippen LogP contribution in [0.5, 0.6) is 5.88 Å². The Kier molecular flexibility index (Phi) is 6.34. The molecule has 1 heterocycles. The summed E-state index contributed by atoms with van der Waals surface area (Å²) >= 11 is 6.37. The third-order valence-corrected chi connectivity index (χ3v) is 4.21. The highest BCUT2D eigenvalue weighted by Gasteiger charge is 2.08. The lowest BCUT2D eigenvalue weighted by molar-refractivity contribution is 0.398. The van der Waals surface area contributed by atoms with Gasteiger partial charge in [0.2, 0.25) is 5.88 Å². The van der Waals surface area contributed by atoms with E-state index in [-0.39, 0.29) is 0 Å². The minimum Gasteiger partial charge on any atom is -0.481 e. The summed E-state index contributed by atoms with van der Waals surface area (Å²) in [7, 11) is 1.57. The first kappa shape index (κ1) is 18.0. The second kappa shape index (κ2) is 8.47. The van der Waals surface area contributed by atoms with Crippen LogP contribution in [0.3, 0.4) is 0 Å². The van der Waals surface area contributed by atoms with Crippen molar-refractivity contribution < 1.29 is 4.74 Å². The van der Waals surface area contributed by atoms with Crippen molar-refractivity contribution in [3.63, 3.8) is 0 Å². The minimum absolute atomic E-state index is 0.470. The molecule has 4 nitrogen and oxygen atoms in total. The molecule has 0 spiro atoms. The summed E-state index contributed by atoms with van der Waals surface area (Å²) < 4.78 is 5.09. The molecule has 2 aromatic rings. The highest BCUT2D eigenvalue weighted by molar-refractivity contribution is 6.35. The van der Waals surface area contributed by atoms with Gasteiger partial charge in [0.1, 0.15) is 0 Å². The van der Waals surface area contributed by atoms with Crippen molar-refractivity contribution in [2.24, 2.45) is 5.92 Å². The van der Waals surface area contributed by atoms with E-state index in [0.717, 1.165) is 24.2 Å². The lowest BCUT2D eigenvalue weighted by atomic mass is 10.1. The first-order valence-electron chi connectivity index (χ1n) is 7.89. The van der Waals surface area contributed by atoms with Gasteiger partial charge in [0.05, 0.1) is 23.5 Å². The van der Waals surface area contributed by atoms with Gasteiger partial charge >= 0.3 is 0 Å². The lowest BCUT2D eigenvalue weighted by Gasteiger charge is -2.14. The SMILES string of the molecule is CCC(C)CNc1ccc(C#Cc2ccnc(OC)c2)c(Cl)c1N. The van der Waals surface area contributed by atoms with Crippen molar-refractivity contribution >= 4 is 23.0 Å². The summed E-state index contributed by atoms with van der Waals surface area (Å²) in [5, 5.41) is 3.81. The van der Waals surface area contributed by atoms with Crippen LogP contribution in [-0.4, -0.2) is 18.6 Å². The number of nitrogens with one attached hydrogen (secondary N) is 1. The molecule has 5 heteroatoms. The molecule has 2 rings (SSSR count). The molecule has 1 atom stereocenters. The van der Waals surface area contributed by atoms with E-state index in [1.54, 1.807) is 19.4 Å². The molecule has 1 unspecified atom stereocenters. The van der Waals surface area contributed by atoms with Crippen LogP contribution in [0, 0.1) is 17.8 Å². The number of aromatic nitrogens is 1. The average Bonchev–Trinajstić information content (AvgIpc) is 2.62. The Balaban J connectivity index is 2.20. The van der Waals surface area contributed by atoms with Crippen molar-refractivity contribution in [1.29, 1.82) is 0 Å². The maximum Gasteiger partial charge on any atom is 0.214 e. The van der Waals surface area contributed by atoms with Crippen LogP contribution in [0.1, 0.15) is 31.4 Å². The van der Waals surface area contributed by atoms with E-state index < -0.39 is 0 Å². The quantitative estimate of drug-likeness (QED) is 0.631. The van der Waals surface area contributed by atoms with E-state index in [1.807, 2.05) is 18.2 Å². The maximum absolute atomic E-state index is 6.37. The van der Waals surface area contributed by atoms with Gasteiger partial charge in [-0.15, -0.1) is 0 Å². The number of anilines is 2. The minimum atomic E-state index is 0.470. The third kappa shape index (κ3) is 4.56. The summed E-state index contributed by atoms with van der Waals surface area (Å²) in [5.41, 5.74) is 9.00. The topological polar surface area (TPSA) is 60.2 Å². The fourth-order valence-corrected chi connectivity index (χ4v) is 2.22. The van der Waals surface area contributed by atoms with Gasteiger partial charge < -0.3 is 15.8 Å². The molecule has 0 aliphatic heterocycles. The molecule has 0 fully saturated rings. The molecule has 0 saturated heterocycles. The van der Waals surface area contributed by atoms with Crippen LogP contribution >= 0.6 is 11.6 Å². The molecule has 0 bridgehead atoms. The van der Waals surface area contributed by atoms with Crippen LogP contribution in [-0.2, 0) is 0 Å². The molecule has 0 saturated carbocycles. The van der Waals surface area contributed by atoms with Gasteiger partial charge in [0.15, 0.2) is 0 Å². The normalized spacial score (nSPS) is 11.3. The van der Waals surface area contributed by atoms with E-state index >= 15 is 0 Å². The number of rotatable bonds is 5. The summed E-state index contributed by atoms with van der Waals surface area (Å²) in [6, 6.07) is 7.38. The van der Waals surface area contributed by atoms with Gasteiger partial charge in [0.25, 0.3) is 0 Å².